The number of aliphatic carboxylic acids is 1. The third-order valence-corrected chi connectivity index (χ3v) is 3.89. The van der Waals surface area contributed by atoms with Crippen molar-refractivity contribution in [1.29, 1.82) is 0 Å². The van der Waals surface area contributed by atoms with Gasteiger partial charge in [-0.15, -0.1) is 0 Å². The van der Waals surface area contributed by atoms with Crippen molar-refractivity contribution in [3.05, 3.63) is 45.0 Å². The molecule has 0 aliphatic heterocycles. The lowest BCUT2D eigenvalue weighted by Gasteiger charge is -2.28. The zero-order valence-electron chi connectivity index (χ0n) is 14.6. The Morgan fingerprint density at radius 3 is 2.54 bits per heavy atom. The second kappa shape index (κ2) is 7.96. The van der Waals surface area contributed by atoms with Gasteiger partial charge in [-0.05, 0) is 19.1 Å². The van der Waals surface area contributed by atoms with E-state index >= 15 is 0 Å². The molecule has 0 aliphatic rings. The van der Waals surface area contributed by atoms with Gasteiger partial charge in [0.2, 0.25) is 5.91 Å². The molecule has 0 spiro atoms. The average Bonchev–Trinajstić information content (AvgIpc) is 2.56. The lowest BCUT2D eigenvalue weighted by atomic mass is 9.98. The zero-order chi connectivity index (χ0) is 19.3. The summed E-state index contributed by atoms with van der Waals surface area (Å²) in [6.45, 7) is 1.55. The number of carbonyl (C=O) groups is 2. The molecule has 1 aromatic carbocycles. The first-order valence-corrected chi connectivity index (χ1v) is 7.99. The molecule has 140 valence electrons. The van der Waals surface area contributed by atoms with Gasteiger partial charge in [-0.3, -0.25) is 24.3 Å². The number of H-pyrrole nitrogens is 1. The van der Waals surface area contributed by atoms with Gasteiger partial charge in [0.15, 0.2) is 0 Å². The first-order valence-electron chi connectivity index (χ1n) is 7.99. The van der Waals surface area contributed by atoms with Crippen LogP contribution in [-0.2, 0) is 20.9 Å². The monoisotopic (exact) mass is 363 g/mol. The number of nitrogens with one attached hydrogen (secondary N) is 2. The predicted molar refractivity (Wildman–Crippen MR) is 94.1 cm³/mol. The van der Waals surface area contributed by atoms with Crippen LogP contribution in [0.25, 0.3) is 10.8 Å². The molecule has 0 saturated heterocycles. The zero-order valence-corrected chi connectivity index (χ0v) is 14.6. The van der Waals surface area contributed by atoms with Crippen LogP contribution in [0.2, 0.25) is 0 Å². The van der Waals surface area contributed by atoms with Crippen molar-refractivity contribution in [2.24, 2.45) is 0 Å². The molecule has 0 saturated carbocycles. The fourth-order valence-electron chi connectivity index (χ4n) is 2.80. The third kappa shape index (κ3) is 4.57. The Labute approximate surface area is 148 Å². The molecule has 1 heterocycles. The average molecular weight is 363 g/mol. The largest absolute Gasteiger partial charge is 0.481 e. The summed E-state index contributed by atoms with van der Waals surface area (Å²) in [6, 6.07) is 6.41. The summed E-state index contributed by atoms with van der Waals surface area (Å²) in [5.74, 6) is -1.52. The molecule has 2 aromatic rings. The normalized spacial score (nSPS) is 13.3. The molecule has 1 unspecified atom stereocenters. The van der Waals surface area contributed by atoms with Crippen molar-refractivity contribution >= 4 is 22.6 Å². The maximum absolute atomic E-state index is 12.4. The number of fused-ring (bicyclic) bond motifs is 1. The number of carboxylic acids is 1. The Morgan fingerprint density at radius 2 is 1.92 bits per heavy atom. The molecule has 26 heavy (non-hydrogen) atoms. The van der Waals surface area contributed by atoms with Crippen LogP contribution in [0.1, 0.15) is 19.8 Å². The highest BCUT2D eigenvalue weighted by molar-refractivity contribution is 5.80. The number of aromatic amines is 1. The highest BCUT2D eigenvalue weighted by Gasteiger charge is 2.29. The Bertz CT molecular complexity index is 932. The summed E-state index contributed by atoms with van der Waals surface area (Å²) in [5, 5.41) is 14.6. The number of ether oxygens (including phenoxy) is 1. The van der Waals surface area contributed by atoms with Gasteiger partial charge in [0.05, 0.1) is 35.9 Å². The van der Waals surface area contributed by atoms with Crippen molar-refractivity contribution in [2.45, 2.75) is 31.8 Å². The summed E-state index contributed by atoms with van der Waals surface area (Å²) < 4.78 is 6.05. The summed E-state index contributed by atoms with van der Waals surface area (Å²) in [5.41, 5.74) is -1.90. The number of amides is 1. The van der Waals surface area contributed by atoms with Gasteiger partial charge >= 0.3 is 5.97 Å². The van der Waals surface area contributed by atoms with Gasteiger partial charge in [0.1, 0.15) is 0 Å². The molecule has 2 rings (SSSR count). The van der Waals surface area contributed by atoms with E-state index in [-0.39, 0.29) is 36.8 Å². The van der Waals surface area contributed by atoms with E-state index in [1.54, 1.807) is 31.2 Å². The lowest BCUT2D eigenvalue weighted by molar-refractivity contribution is -0.139. The molecule has 0 aliphatic carbocycles. The van der Waals surface area contributed by atoms with E-state index in [1.807, 2.05) is 0 Å². The van der Waals surface area contributed by atoms with Crippen LogP contribution in [0.5, 0.6) is 0 Å². The van der Waals surface area contributed by atoms with E-state index in [2.05, 4.69) is 10.4 Å². The molecule has 1 amide bonds. The van der Waals surface area contributed by atoms with Gasteiger partial charge in [-0.2, -0.15) is 0 Å². The van der Waals surface area contributed by atoms with E-state index in [0.29, 0.717) is 0 Å². The summed E-state index contributed by atoms with van der Waals surface area (Å²) in [4.78, 5) is 47.6. The van der Waals surface area contributed by atoms with Gasteiger partial charge in [0.25, 0.3) is 11.1 Å². The second-order valence-corrected chi connectivity index (χ2v) is 6.31. The number of benzene rings is 1. The van der Waals surface area contributed by atoms with Gasteiger partial charge in [-0.1, -0.05) is 12.1 Å². The van der Waals surface area contributed by atoms with Crippen LogP contribution in [-0.4, -0.2) is 46.0 Å². The number of aromatic nitrogens is 2. The quantitative estimate of drug-likeness (QED) is 0.609. The number of methoxy groups -OCH3 is 1. The Kier molecular flexibility index (Phi) is 5.93. The van der Waals surface area contributed by atoms with Crippen LogP contribution in [0.15, 0.2) is 33.9 Å². The third-order valence-electron chi connectivity index (χ3n) is 3.89. The van der Waals surface area contributed by atoms with E-state index in [0.717, 1.165) is 4.68 Å². The van der Waals surface area contributed by atoms with Gasteiger partial charge < -0.3 is 15.2 Å². The molecule has 1 aromatic heterocycles. The Morgan fingerprint density at radius 1 is 1.27 bits per heavy atom. The van der Waals surface area contributed by atoms with E-state index < -0.39 is 28.5 Å². The molecule has 3 N–H and O–H groups in total. The molecule has 9 heteroatoms. The number of hydrogen-bond acceptors (Lipinski definition) is 5. The fraction of sp³-hybridized carbons (Fsp3) is 0.412. The molecule has 1 atom stereocenters. The summed E-state index contributed by atoms with van der Waals surface area (Å²) in [6.07, 6.45) is -0.410. The molecule has 0 bridgehead atoms. The number of carbonyl (C=O) groups excluding carboxylic acids is 1. The molecular weight excluding hydrogens is 342 g/mol. The highest BCUT2D eigenvalue weighted by atomic mass is 16.5. The van der Waals surface area contributed by atoms with Gasteiger partial charge in [0, 0.05) is 13.5 Å². The van der Waals surface area contributed by atoms with Crippen molar-refractivity contribution in [3.8, 4) is 0 Å². The molecule has 0 fully saturated rings. The molecular formula is C17H21N3O6. The minimum absolute atomic E-state index is 0.0256. The fourth-order valence-corrected chi connectivity index (χ4v) is 2.80. The number of hydrogen-bond donors (Lipinski definition) is 3. The van der Waals surface area contributed by atoms with Gasteiger partial charge in [-0.25, -0.2) is 4.68 Å². The smallest absolute Gasteiger partial charge is 0.305 e. The van der Waals surface area contributed by atoms with Crippen molar-refractivity contribution in [2.75, 3.05) is 13.7 Å². The van der Waals surface area contributed by atoms with Crippen molar-refractivity contribution in [3.63, 3.8) is 0 Å². The number of rotatable bonds is 8. The summed E-state index contributed by atoms with van der Waals surface area (Å²) >= 11 is 0. The maximum Gasteiger partial charge on any atom is 0.305 e. The Hall–Kier alpha value is -2.94. The molecule has 0 radical (unpaired) electrons. The van der Waals surface area contributed by atoms with Crippen LogP contribution in [0, 0.1) is 0 Å². The lowest BCUT2D eigenvalue weighted by Crippen LogP contribution is -2.51. The minimum atomic E-state index is -1.07. The highest BCUT2D eigenvalue weighted by Crippen LogP contribution is 2.11. The SMILES string of the molecule is COCC(C)(CC(=O)O)NC(=O)CCn1[nH]c(=O)c2ccccc2c1=O. The van der Waals surface area contributed by atoms with E-state index in [4.69, 9.17) is 9.84 Å². The number of aryl methyl sites for hydroxylation is 1. The van der Waals surface area contributed by atoms with Crippen LogP contribution in [0.4, 0.5) is 0 Å². The summed E-state index contributed by atoms with van der Waals surface area (Å²) in [7, 11) is 1.41. The minimum Gasteiger partial charge on any atom is -0.481 e. The van der Waals surface area contributed by atoms with Crippen molar-refractivity contribution < 1.29 is 19.4 Å². The standard InChI is InChI=1S/C17H21N3O6/c1-17(10-26-2,9-14(22)23)18-13(21)7-8-20-16(25)12-6-4-3-5-11(12)15(24)19-20/h3-6H,7-10H2,1-2H3,(H,18,21)(H,19,24)(H,22,23). The number of carboxylic acid groups (broad SMARTS) is 1. The van der Waals surface area contributed by atoms with Crippen LogP contribution < -0.4 is 16.4 Å². The second-order valence-electron chi connectivity index (χ2n) is 6.31. The molecule has 9 nitrogen and oxygen atoms in total. The Balaban J connectivity index is 2.13. The topological polar surface area (TPSA) is 130 Å². The van der Waals surface area contributed by atoms with E-state index in [9.17, 15) is 19.2 Å². The van der Waals surface area contributed by atoms with E-state index in [1.165, 1.54) is 7.11 Å². The maximum atomic E-state index is 12.4. The van der Waals surface area contributed by atoms with Crippen LogP contribution >= 0.6 is 0 Å². The first kappa shape index (κ1) is 19.4. The number of nitrogens with zero attached hydrogens (tertiary/aromatic N) is 1. The predicted octanol–water partition coefficient (Wildman–Crippen LogP) is 0.0759. The van der Waals surface area contributed by atoms with Crippen LogP contribution in [0.3, 0.4) is 0 Å². The van der Waals surface area contributed by atoms with Crippen molar-refractivity contribution in [1.82, 2.24) is 15.1 Å². The first-order chi connectivity index (χ1) is 12.3.